The van der Waals surface area contributed by atoms with Crippen LogP contribution in [-0.2, 0) is 0 Å². The van der Waals surface area contributed by atoms with Crippen LogP contribution in [0.5, 0.6) is 0 Å². The van der Waals surface area contributed by atoms with Crippen molar-refractivity contribution < 1.29 is 9.85 Å². The van der Waals surface area contributed by atoms with E-state index in [0.717, 1.165) is 5.57 Å². The molecule has 2 aliphatic carbocycles. The monoisotopic (exact) mass is 198 g/mol. The smallest absolute Gasteiger partial charge is 0.232 e. The van der Waals surface area contributed by atoms with E-state index in [-0.39, 0.29) is 21.7 Å². The maximum absolute atomic E-state index is 10.6. The summed E-state index contributed by atoms with van der Waals surface area (Å²) in [5, 5.41) is 21.1. The van der Waals surface area contributed by atoms with Gasteiger partial charge >= 0.3 is 0 Å². The molecule has 76 valence electrons. The largest absolute Gasteiger partial charge is 0.264 e. The second-order valence-corrected chi connectivity index (χ2v) is 3.96. The first-order valence-corrected chi connectivity index (χ1v) is 4.47. The van der Waals surface area contributed by atoms with Gasteiger partial charge in [-0.15, -0.1) is 0 Å². The van der Waals surface area contributed by atoms with Gasteiger partial charge in [0.05, 0.1) is 5.92 Å². The molecule has 6 heteroatoms. The third-order valence-electron chi connectivity index (χ3n) is 3.14. The molecule has 0 aromatic rings. The van der Waals surface area contributed by atoms with Crippen molar-refractivity contribution in [3.05, 3.63) is 31.9 Å². The number of fused-ring (bicyclic) bond motifs is 1. The molecule has 0 N–H and O–H groups in total. The first-order valence-electron chi connectivity index (χ1n) is 4.47. The molecule has 4 atom stereocenters. The van der Waals surface area contributed by atoms with E-state index in [1.54, 1.807) is 13.0 Å². The fourth-order valence-electron chi connectivity index (χ4n) is 2.44. The summed E-state index contributed by atoms with van der Waals surface area (Å²) in [6.07, 6.45) is 1.88. The Balaban J connectivity index is 2.16. The van der Waals surface area contributed by atoms with Gasteiger partial charge in [0.1, 0.15) is 0 Å². The minimum absolute atomic E-state index is 0.0406. The van der Waals surface area contributed by atoms with Crippen molar-refractivity contribution in [3.8, 4) is 0 Å². The van der Waals surface area contributed by atoms with E-state index in [0.29, 0.717) is 6.42 Å². The van der Waals surface area contributed by atoms with E-state index < -0.39 is 12.1 Å². The zero-order valence-electron chi connectivity index (χ0n) is 7.62. The molecular weight excluding hydrogens is 188 g/mol. The van der Waals surface area contributed by atoms with Crippen molar-refractivity contribution in [3.63, 3.8) is 0 Å². The summed E-state index contributed by atoms with van der Waals surface area (Å²) >= 11 is 0. The number of rotatable bonds is 2. The molecule has 0 heterocycles. The molecule has 0 radical (unpaired) electrons. The van der Waals surface area contributed by atoms with Crippen LogP contribution in [0.4, 0.5) is 0 Å². The van der Waals surface area contributed by atoms with Gasteiger partial charge < -0.3 is 0 Å². The number of nitrogens with zero attached hydrogens (tertiary/aromatic N) is 2. The molecule has 0 aromatic heterocycles. The summed E-state index contributed by atoms with van der Waals surface area (Å²) in [6.45, 7) is 1.75. The Labute approximate surface area is 79.9 Å². The van der Waals surface area contributed by atoms with Crippen LogP contribution < -0.4 is 0 Å². The van der Waals surface area contributed by atoms with Gasteiger partial charge in [0.25, 0.3) is 0 Å². The molecule has 0 aliphatic heterocycles. The predicted molar refractivity (Wildman–Crippen MR) is 46.9 cm³/mol. The highest BCUT2D eigenvalue weighted by molar-refractivity contribution is 5.24. The highest BCUT2D eigenvalue weighted by Crippen LogP contribution is 2.52. The van der Waals surface area contributed by atoms with Crippen LogP contribution >= 0.6 is 0 Å². The lowest BCUT2D eigenvalue weighted by atomic mass is 9.97. The van der Waals surface area contributed by atoms with Crippen molar-refractivity contribution in [1.82, 2.24) is 0 Å². The Bertz CT molecular complexity index is 338. The van der Waals surface area contributed by atoms with E-state index in [2.05, 4.69) is 0 Å². The van der Waals surface area contributed by atoms with Crippen molar-refractivity contribution in [2.75, 3.05) is 0 Å². The molecule has 1 fully saturated rings. The molecule has 14 heavy (non-hydrogen) atoms. The van der Waals surface area contributed by atoms with Crippen molar-refractivity contribution in [2.24, 2.45) is 11.8 Å². The lowest BCUT2D eigenvalue weighted by Crippen LogP contribution is -2.21. The maximum Gasteiger partial charge on any atom is 0.232 e. The molecule has 2 rings (SSSR count). The van der Waals surface area contributed by atoms with Crippen LogP contribution in [0.2, 0.25) is 0 Å². The SMILES string of the molecule is CC1=CC([N+](=O)[O-])CC2C1C2[N+](=O)[O-]. The van der Waals surface area contributed by atoms with Gasteiger partial charge in [0.15, 0.2) is 0 Å². The second-order valence-electron chi connectivity index (χ2n) is 3.96. The van der Waals surface area contributed by atoms with Crippen LogP contribution in [0.15, 0.2) is 11.6 Å². The number of nitro groups is 2. The first-order chi connectivity index (χ1) is 6.52. The van der Waals surface area contributed by atoms with Crippen LogP contribution in [-0.4, -0.2) is 21.9 Å². The Morgan fingerprint density at radius 1 is 1.36 bits per heavy atom. The van der Waals surface area contributed by atoms with Crippen LogP contribution in [0.3, 0.4) is 0 Å². The van der Waals surface area contributed by atoms with Gasteiger partial charge in [0, 0.05) is 22.2 Å². The molecule has 1 saturated carbocycles. The van der Waals surface area contributed by atoms with E-state index in [4.69, 9.17) is 0 Å². The molecule has 2 aliphatic rings. The molecule has 4 unspecified atom stereocenters. The number of hydrogen-bond donors (Lipinski definition) is 0. The van der Waals surface area contributed by atoms with Crippen molar-refractivity contribution in [2.45, 2.75) is 25.4 Å². The standard InChI is InChI=1S/C8H10N2O4/c1-4-2-5(9(11)12)3-6-7(4)8(6)10(13)14/h2,5-8H,3H2,1H3. The van der Waals surface area contributed by atoms with Crippen molar-refractivity contribution in [1.29, 1.82) is 0 Å². The number of hydrogen-bond acceptors (Lipinski definition) is 4. The van der Waals surface area contributed by atoms with Crippen LogP contribution in [0.1, 0.15) is 13.3 Å². The third-order valence-corrected chi connectivity index (χ3v) is 3.14. The summed E-state index contributed by atoms with van der Waals surface area (Å²) in [7, 11) is 0. The zero-order chi connectivity index (χ0) is 10.5. The quantitative estimate of drug-likeness (QED) is 0.374. The van der Waals surface area contributed by atoms with E-state index >= 15 is 0 Å². The van der Waals surface area contributed by atoms with Gasteiger partial charge in [-0.05, 0) is 13.0 Å². The fourth-order valence-corrected chi connectivity index (χ4v) is 2.44. The Kier molecular flexibility index (Phi) is 1.80. The Morgan fingerprint density at radius 3 is 2.50 bits per heavy atom. The van der Waals surface area contributed by atoms with Gasteiger partial charge in [-0.3, -0.25) is 20.2 Å². The van der Waals surface area contributed by atoms with E-state index in [1.165, 1.54) is 0 Å². The minimum atomic E-state index is -0.721. The van der Waals surface area contributed by atoms with Crippen LogP contribution in [0, 0.1) is 32.1 Å². The lowest BCUT2D eigenvalue weighted by molar-refractivity contribution is -0.516. The van der Waals surface area contributed by atoms with E-state index in [1.807, 2.05) is 0 Å². The normalized spacial score (nSPS) is 39.6. The average molecular weight is 198 g/mol. The molecular formula is C8H10N2O4. The van der Waals surface area contributed by atoms with Gasteiger partial charge in [-0.25, -0.2) is 0 Å². The summed E-state index contributed by atoms with van der Waals surface area (Å²) in [4.78, 5) is 20.4. The first kappa shape index (κ1) is 9.11. The van der Waals surface area contributed by atoms with Gasteiger partial charge in [-0.2, -0.15) is 0 Å². The molecule has 6 nitrogen and oxygen atoms in total. The van der Waals surface area contributed by atoms with Crippen LogP contribution in [0.25, 0.3) is 0 Å². The second kappa shape index (κ2) is 2.76. The van der Waals surface area contributed by atoms with Crippen molar-refractivity contribution >= 4 is 0 Å². The highest BCUT2D eigenvalue weighted by Gasteiger charge is 2.64. The maximum atomic E-state index is 10.6. The summed E-state index contributed by atoms with van der Waals surface area (Å²) in [6, 6.07) is -1.29. The average Bonchev–Trinajstić information content (AvgIpc) is 2.78. The molecule has 0 bridgehead atoms. The lowest BCUT2D eigenvalue weighted by Gasteiger charge is -2.09. The topological polar surface area (TPSA) is 86.3 Å². The minimum Gasteiger partial charge on any atom is -0.264 e. The van der Waals surface area contributed by atoms with Gasteiger partial charge in [0.2, 0.25) is 12.1 Å². The molecule has 0 saturated heterocycles. The third kappa shape index (κ3) is 1.18. The van der Waals surface area contributed by atoms with E-state index in [9.17, 15) is 20.2 Å². The molecule has 0 amide bonds. The summed E-state index contributed by atoms with van der Waals surface area (Å²) < 4.78 is 0. The summed E-state index contributed by atoms with van der Waals surface area (Å²) in [5.74, 6) is -0.147. The fraction of sp³-hybridized carbons (Fsp3) is 0.750. The van der Waals surface area contributed by atoms with Gasteiger partial charge in [-0.1, -0.05) is 5.57 Å². The molecule has 0 aromatic carbocycles. The highest BCUT2D eigenvalue weighted by atomic mass is 16.6. The Morgan fingerprint density at radius 2 is 2.00 bits per heavy atom. The Hall–Kier alpha value is -1.46. The molecule has 0 spiro atoms. The summed E-state index contributed by atoms with van der Waals surface area (Å²) in [5.41, 5.74) is 0.810. The zero-order valence-corrected chi connectivity index (χ0v) is 7.62. The predicted octanol–water partition coefficient (Wildman–Crippen LogP) is 0.873.